The molecule has 1 aromatic heterocycles. The molecule has 2 aliphatic heterocycles. The van der Waals surface area contributed by atoms with E-state index in [0.29, 0.717) is 26.2 Å². The number of nitrogens with one attached hydrogen (secondary N) is 4. The number of alkyl halides is 3. The van der Waals surface area contributed by atoms with Crippen LogP contribution in [0, 0.1) is 0 Å². The lowest BCUT2D eigenvalue weighted by atomic mass is 10.1. The summed E-state index contributed by atoms with van der Waals surface area (Å²) in [6, 6.07) is -0.0589. The van der Waals surface area contributed by atoms with E-state index in [2.05, 4.69) is 26.1 Å². The van der Waals surface area contributed by atoms with Crippen molar-refractivity contribution in [1.82, 2.24) is 31.0 Å². The molecule has 0 saturated carbocycles. The Labute approximate surface area is 143 Å². The number of aromatic amines is 1. The summed E-state index contributed by atoms with van der Waals surface area (Å²) < 4.78 is 40.0. The number of carbonyl (C=O) groups is 1. The van der Waals surface area contributed by atoms with Gasteiger partial charge in [0, 0.05) is 50.9 Å². The van der Waals surface area contributed by atoms with Crippen LogP contribution in [0.1, 0.15) is 28.5 Å². The normalized spacial score (nSPS) is 23.6. The number of aromatic nitrogens is 2. The van der Waals surface area contributed by atoms with Gasteiger partial charge in [0.05, 0.1) is 0 Å². The van der Waals surface area contributed by atoms with Gasteiger partial charge in [-0.25, -0.2) is 0 Å². The van der Waals surface area contributed by atoms with E-state index in [-0.39, 0.29) is 11.6 Å². The molecule has 4 N–H and O–H groups in total. The Kier molecular flexibility index (Phi) is 5.60. The second-order valence-electron chi connectivity index (χ2n) is 6.45. The summed E-state index contributed by atoms with van der Waals surface area (Å²) in [7, 11) is 0. The highest BCUT2D eigenvalue weighted by molar-refractivity contribution is 5.92. The average molecular weight is 360 g/mol. The Morgan fingerprint density at radius 2 is 2.08 bits per heavy atom. The van der Waals surface area contributed by atoms with Crippen molar-refractivity contribution in [3.05, 3.63) is 17.5 Å². The molecule has 0 aromatic carbocycles. The summed E-state index contributed by atoms with van der Waals surface area (Å²) >= 11 is 0. The molecule has 2 aliphatic rings. The van der Waals surface area contributed by atoms with Gasteiger partial charge < -0.3 is 16.0 Å². The predicted octanol–water partition coefficient (Wildman–Crippen LogP) is 0.0525. The zero-order chi connectivity index (χ0) is 17.9. The molecule has 2 atom stereocenters. The largest absolute Gasteiger partial charge is 0.405 e. The van der Waals surface area contributed by atoms with Gasteiger partial charge in [-0.2, -0.15) is 18.3 Å². The Balaban J connectivity index is 1.59. The van der Waals surface area contributed by atoms with Crippen LogP contribution in [0.15, 0.2) is 6.07 Å². The second kappa shape index (κ2) is 7.71. The fourth-order valence-corrected chi connectivity index (χ4v) is 3.31. The predicted molar refractivity (Wildman–Crippen MR) is 85.4 cm³/mol. The molecular weight excluding hydrogens is 337 g/mol. The zero-order valence-electron chi connectivity index (χ0n) is 13.8. The Morgan fingerprint density at radius 3 is 2.72 bits per heavy atom. The number of rotatable bonds is 5. The highest BCUT2D eigenvalue weighted by Crippen LogP contribution is 2.25. The minimum absolute atomic E-state index is 0.128. The van der Waals surface area contributed by atoms with Gasteiger partial charge in [-0.15, -0.1) is 0 Å². The van der Waals surface area contributed by atoms with Crippen LogP contribution in [-0.4, -0.2) is 79.0 Å². The molecule has 10 heteroatoms. The maximum atomic E-state index is 13.3. The SMILES string of the molecule is O=C(NCC(N1CCNCC1)C(F)(F)F)c1cc(C2CCNC2)[nH]n1. The molecule has 7 nitrogen and oxygen atoms in total. The zero-order valence-corrected chi connectivity index (χ0v) is 13.8. The number of hydrogen-bond acceptors (Lipinski definition) is 5. The molecule has 0 spiro atoms. The van der Waals surface area contributed by atoms with Gasteiger partial charge in [0.15, 0.2) is 0 Å². The van der Waals surface area contributed by atoms with Gasteiger partial charge in [0.25, 0.3) is 5.91 Å². The lowest BCUT2D eigenvalue weighted by molar-refractivity contribution is -0.183. The first-order valence-corrected chi connectivity index (χ1v) is 8.51. The Hall–Kier alpha value is -1.65. The third-order valence-electron chi connectivity index (χ3n) is 4.76. The highest BCUT2D eigenvalue weighted by atomic mass is 19.4. The van der Waals surface area contributed by atoms with E-state index >= 15 is 0 Å². The molecule has 140 valence electrons. The van der Waals surface area contributed by atoms with Crippen LogP contribution in [0.3, 0.4) is 0 Å². The number of hydrogen-bond donors (Lipinski definition) is 4. The first kappa shape index (κ1) is 18.2. The summed E-state index contributed by atoms with van der Waals surface area (Å²) in [6.45, 7) is 2.88. The molecule has 1 aromatic rings. The van der Waals surface area contributed by atoms with Crippen molar-refractivity contribution in [2.45, 2.75) is 24.6 Å². The Bertz CT molecular complexity index is 578. The second-order valence-corrected chi connectivity index (χ2v) is 6.45. The van der Waals surface area contributed by atoms with Crippen LogP contribution < -0.4 is 16.0 Å². The standard InChI is InChI=1S/C15H23F3N6O/c16-15(17,18)13(24-5-3-19-4-6-24)9-21-14(25)12-7-11(22-23-12)10-1-2-20-8-10/h7,10,13,19-20H,1-6,8-9H2,(H,21,25)(H,22,23). The molecule has 2 unspecified atom stereocenters. The maximum absolute atomic E-state index is 13.3. The number of carbonyl (C=O) groups excluding carboxylic acids is 1. The lowest BCUT2D eigenvalue weighted by Crippen LogP contribution is -2.57. The van der Waals surface area contributed by atoms with Crippen molar-refractivity contribution in [2.24, 2.45) is 0 Å². The van der Waals surface area contributed by atoms with Crippen molar-refractivity contribution in [2.75, 3.05) is 45.8 Å². The molecule has 3 rings (SSSR count). The number of nitrogens with zero attached hydrogens (tertiary/aromatic N) is 2. The van der Waals surface area contributed by atoms with Crippen molar-refractivity contribution in [1.29, 1.82) is 0 Å². The summed E-state index contributed by atoms with van der Waals surface area (Å²) in [5.41, 5.74) is 0.966. The van der Waals surface area contributed by atoms with Crippen molar-refractivity contribution >= 4 is 5.91 Å². The van der Waals surface area contributed by atoms with E-state index in [4.69, 9.17) is 0 Å². The highest BCUT2D eigenvalue weighted by Gasteiger charge is 2.43. The number of piperazine rings is 1. The number of H-pyrrole nitrogens is 1. The topological polar surface area (TPSA) is 85.1 Å². The average Bonchev–Trinajstić information content (AvgIpc) is 3.26. The minimum Gasteiger partial charge on any atom is -0.349 e. The van der Waals surface area contributed by atoms with Gasteiger partial charge in [-0.3, -0.25) is 14.8 Å². The van der Waals surface area contributed by atoms with Crippen LogP contribution in [0.25, 0.3) is 0 Å². The van der Waals surface area contributed by atoms with E-state index in [9.17, 15) is 18.0 Å². The third-order valence-corrected chi connectivity index (χ3v) is 4.76. The molecular formula is C15H23F3N6O. The lowest BCUT2D eigenvalue weighted by Gasteiger charge is -2.35. The molecule has 2 saturated heterocycles. The van der Waals surface area contributed by atoms with Gasteiger partial charge in [0.2, 0.25) is 0 Å². The van der Waals surface area contributed by atoms with E-state index in [0.717, 1.165) is 25.2 Å². The van der Waals surface area contributed by atoms with Crippen LogP contribution in [0.5, 0.6) is 0 Å². The smallest absolute Gasteiger partial charge is 0.349 e. The molecule has 2 fully saturated rings. The number of amides is 1. The van der Waals surface area contributed by atoms with Gasteiger partial charge in [0.1, 0.15) is 11.7 Å². The van der Waals surface area contributed by atoms with Gasteiger partial charge in [-0.05, 0) is 19.0 Å². The van der Waals surface area contributed by atoms with Crippen LogP contribution in [0.2, 0.25) is 0 Å². The van der Waals surface area contributed by atoms with Crippen LogP contribution >= 0.6 is 0 Å². The van der Waals surface area contributed by atoms with Crippen molar-refractivity contribution in [3.63, 3.8) is 0 Å². The van der Waals surface area contributed by atoms with E-state index < -0.39 is 24.7 Å². The summed E-state index contributed by atoms with van der Waals surface area (Å²) in [4.78, 5) is 13.5. The number of halogens is 3. The fourth-order valence-electron chi connectivity index (χ4n) is 3.31. The minimum atomic E-state index is -4.39. The molecule has 3 heterocycles. The fraction of sp³-hybridized carbons (Fsp3) is 0.733. The van der Waals surface area contributed by atoms with Crippen molar-refractivity contribution in [3.8, 4) is 0 Å². The van der Waals surface area contributed by atoms with E-state index in [1.54, 1.807) is 6.07 Å². The Morgan fingerprint density at radius 1 is 1.32 bits per heavy atom. The summed E-state index contributed by atoms with van der Waals surface area (Å²) in [5.74, 6) is -0.323. The molecule has 25 heavy (non-hydrogen) atoms. The first-order valence-electron chi connectivity index (χ1n) is 8.51. The molecule has 0 bridgehead atoms. The molecule has 0 aliphatic carbocycles. The maximum Gasteiger partial charge on any atom is 0.405 e. The van der Waals surface area contributed by atoms with E-state index in [1.165, 1.54) is 4.90 Å². The molecule has 0 radical (unpaired) electrons. The van der Waals surface area contributed by atoms with Gasteiger partial charge >= 0.3 is 6.18 Å². The molecule has 1 amide bonds. The summed E-state index contributed by atoms with van der Waals surface area (Å²) in [5, 5.41) is 15.4. The van der Waals surface area contributed by atoms with Gasteiger partial charge in [-0.1, -0.05) is 0 Å². The monoisotopic (exact) mass is 360 g/mol. The summed E-state index contributed by atoms with van der Waals surface area (Å²) in [6.07, 6.45) is -3.45. The van der Waals surface area contributed by atoms with Crippen molar-refractivity contribution < 1.29 is 18.0 Å². The third kappa shape index (κ3) is 4.50. The first-order chi connectivity index (χ1) is 11.9. The van der Waals surface area contributed by atoms with Crippen LogP contribution in [0.4, 0.5) is 13.2 Å². The van der Waals surface area contributed by atoms with E-state index in [1.807, 2.05) is 0 Å². The quantitative estimate of drug-likeness (QED) is 0.597. The van der Waals surface area contributed by atoms with Crippen LogP contribution in [-0.2, 0) is 0 Å².